The zero-order chi connectivity index (χ0) is 15.1. The first-order chi connectivity index (χ1) is 9.10. The van der Waals surface area contributed by atoms with Gasteiger partial charge in [0, 0.05) is 5.56 Å². The minimum Gasteiger partial charge on any atom is -0.530 e. The van der Waals surface area contributed by atoms with Crippen molar-refractivity contribution in [3.05, 3.63) is 23.8 Å². The maximum atomic E-state index is 10.8. The summed E-state index contributed by atoms with van der Waals surface area (Å²) < 4.78 is 6.73. The number of carboxylic acid groups (broad SMARTS) is 1. The molecule has 1 N–H and O–H groups in total. The summed E-state index contributed by atoms with van der Waals surface area (Å²) in [7, 11) is 6.30. The fourth-order valence-electron chi connectivity index (χ4n) is 2.27. The number of para-hydroxylation sites is 1. The van der Waals surface area contributed by atoms with E-state index in [1.54, 1.807) is 18.0 Å². The lowest BCUT2D eigenvalue weighted by molar-refractivity contribution is -0.727. The van der Waals surface area contributed by atoms with Crippen molar-refractivity contribution < 1.29 is 18.5 Å². The molecule has 6 heteroatoms. The van der Waals surface area contributed by atoms with E-state index in [9.17, 15) is 9.90 Å². The molecule has 2 rings (SSSR count). The Kier molecular flexibility index (Phi) is 3.64. The summed E-state index contributed by atoms with van der Waals surface area (Å²) in [4.78, 5) is 10.8. The van der Waals surface area contributed by atoms with Gasteiger partial charge < -0.3 is 20.0 Å². The van der Waals surface area contributed by atoms with E-state index in [4.69, 9.17) is 4.74 Å². The molecule has 1 aromatic rings. The Morgan fingerprint density at radius 2 is 2.05 bits per heavy atom. The second-order valence-electron chi connectivity index (χ2n) is 6.22. The molecular formula is C14H20N2O3S. The number of ether oxygens (including phenoxy) is 1. The van der Waals surface area contributed by atoms with Crippen LogP contribution in [0.1, 0.15) is 24.7 Å². The third-order valence-electron chi connectivity index (χ3n) is 2.98. The Hall–Kier alpha value is -1.40. The van der Waals surface area contributed by atoms with Gasteiger partial charge in [0.15, 0.2) is 0 Å². The standard InChI is InChI=1S/C14H20N2O3S/c1-14(2)12(20-16(3,4)5)9-7-6-8-10(11(9)19-14)15-13(17)18/h6-8,12,15H,1-5H3. The molecule has 0 spiro atoms. The van der Waals surface area contributed by atoms with Gasteiger partial charge in [-0.2, -0.15) is 0 Å². The molecule has 1 unspecified atom stereocenters. The van der Waals surface area contributed by atoms with Crippen LogP contribution in [0.25, 0.3) is 0 Å². The van der Waals surface area contributed by atoms with Crippen molar-refractivity contribution in [1.29, 1.82) is 0 Å². The number of amides is 1. The van der Waals surface area contributed by atoms with E-state index >= 15 is 0 Å². The van der Waals surface area contributed by atoms with E-state index < -0.39 is 11.7 Å². The van der Waals surface area contributed by atoms with Crippen LogP contribution >= 0.6 is 11.9 Å². The molecule has 0 bridgehead atoms. The minimum absolute atomic E-state index is 0.126. The monoisotopic (exact) mass is 296 g/mol. The Morgan fingerprint density at radius 3 is 2.60 bits per heavy atom. The van der Waals surface area contributed by atoms with Gasteiger partial charge in [-0.3, -0.25) is 3.89 Å². The van der Waals surface area contributed by atoms with E-state index in [1.165, 1.54) is 0 Å². The van der Waals surface area contributed by atoms with Crippen molar-refractivity contribution in [2.75, 3.05) is 26.5 Å². The molecule has 0 saturated heterocycles. The van der Waals surface area contributed by atoms with Gasteiger partial charge in [-0.05, 0) is 19.9 Å². The number of nitrogens with zero attached hydrogens (tertiary/aromatic N) is 1. The van der Waals surface area contributed by atoms with Crippen LogP contribution in [-0.2, 0) is 0 Å². The molecule has 0 radical (unpaired) electrons. The largest absolute Gasteiger partial charge is 0.530 e. The molecular weight excluding hydrogens is 276 g/mol. The van der Waals surface area contributed by atoms with Crippen LogP contribution in [0.15, 0.2) is 18.2 Å². The summed E-state index contributed by atoms with van der Waals surface area (Å²) in [6.07, 6.45) is -1.33. The fourth-order valence-corrected chi connectivity index (χ4v) is 3.51. The van der Waals surface area contributed by atoms with E-state index in [1.807, 2.05) is 26.0 Å². The summed E-state index contributed by atoms with van der Waals surface area (Å²) in [5, 5.41) is 13.2. The van der Waals surface area contributed by atoms with Crippen LogP contribution in [0.3, 0.4) is 0 Å². The summed E-state index contributed by atoms with van der Waals surface area (Å²) in [5.74, 6) is 0.604. The number of nitrogens with one attached hydrogen (secondary N) is 1. The molecule has 1 amide bonds. The van der Waals surface area contributed by atoms with Gasteiger partial charge in [0.2, 0.25) is 0 Å². The highest BCUT2D eigenvalue weighted by atomic mass is 32.2. The fraction of sp³-hybridized carbons (Fsp3) is 0.500. The first-order valence-corrected chi connectivity index (χ1v) is 7.23. The second-order valence-corrected chi connectivity index (χ2v) is 7.99. The predicted octanol–water partition coefficient (Wildman–Crippen LogP) is 2.01. The van der Waals surface area contributed by atoms with Crippen molar-refractivity contribution in [3.63, 3.8) is 0 Å². The third kappa shape index (κ3) is 3.02. The first kappa shape index (κ1) is 15.0. The van der Waals surface area contributed by atoms with E-state index in [0.29, 0.717) is 11.4 Å². The lowest BCUT2D eigenvalue weighted by Crippen LogP contribution is -2.35. The zero-order valence-electron chi connectivity index (χ0n) is 12.4. The molecule has 0 fully saturated rings. The van der Waals surface area contributed by atoms with Gasteiger partial charge in [-0.25, -0.2) is 0 Å². The van der Waals surface area contributed by atoms with Crippen molar-refractivity contribution >= 4 is 23.7 Å². The van der Waals surface area contributed by atoms with Gasteiger partial charge in [0.1, 0.15) is 22.7 Å². The molecule has 5 nitrogen and oxygen atoms in total. The molecule has 110 valence electrons. The van der Waals surface area contributed by atoms with Crippen molar-refractivity contribution in [1.82, 2.24) is 0 Å². The highest BCUT2D eigenvalue weighted by Gasteiger charge is 2.46. The lowest BCUT2D eigenvalue weighted by atomic mass is 10.0. The van der Waals surface area contributed by atoms with Crippen molar-refractivity contribution in [2.24, 2.45) is 0 Å². The molecule has 1 heterocycles. The molecule has 0 aliphatic carbocycles. The van der Waals surface area contributed by atoms with E-state index in [-0.39, 0.29) is 5.25 Å². The molecule has 1 atom stereocenters. The smallest absolute Gasteiger partial charge is 0.148 e. The highest BCUT2D eigenvalue weighted by Crippen LogP contribution is 2.54. The van der Waals surface area contributed by atoms with Crippen LogP contribution in [0, 0.1) is 0 Å². The Morgan fingerprint density at radius 1 is 1.40 bits per heavy atom. The Bertz CT molecular complexity index is 538. The van der Waals surface area contributed by atoms with Crippen LogP contribution < -0.4 is 15.2 Å². The summed E-state index contributed by atoms with van der Waals surface area (Å²) in [5.41, 5.74) is 1.06. The molecule has 0 saturated carbocycles. The predicted molar refractivity (Wildman–Crippen MR) is 78.5 cm³/mol. The number of anilines is 1. The van der Waals surface area contributed by atoms with Gasteiger partial charge in [0.05, 0.1) is 38.8 Å². The van der Waals surface area contributed by atoms with Gasteiger partial charge in [-0.15, -0.1) is 0 Å². The van der Waals surface area contributed by atoms with E-state index in [2.05, 4.69) is 26.5 Å². The van der Waals surface area contributed by atoms with Crippen LogP contribution in [0.4, 0.5) is 10.5 Å². The highest BCUT2D eigenvalue weighted by molar-refractivity contribution is 7.94. The van der Waals surface area contributed by atoms with E-state index in [0.717, 1.165) is 9.45 Å². The van der Waals surface area contributed by atoms with Crippen LogP contribution in [0.5, 0.6) is 5.75 Å². The Labute approximate surface area is 123 Å². The molecule has 0 aromatic heterocycles. The summed E-state index contributed by atoms with van der Waals surface area (Å²) in [6.45, 7) is 4.03. The maximum Gasteiger partial charge on any atom is 0.148 e. The molecule has 1 aromatic carbocycles. The first-order valence-electron chi connectivity index (χ1n) is 6.40. The number of hydrogen-bond donors (Lipinski definition) is 1. The molecule has 1 aliphatic heterocycles. The lowest BCUT2D eigenvalue weighted by Gasteiger charge is -2.30. The number of carbonyl (C=O) groups excluding carboxylic acids is 1. The number of benzene rings is 1. The maximum absolute atomic E-state index is 10.8. The third-order valence-corrected chi connectivity index (χ3v) is 4.65. The van der Waals surface area contributed by atoms with Gasteiger partial charge in [-0.1, -0.05) is 12.1 Å². The van der Waals surface area contributed by atoms with Gasteiger partial charge >= 0.3 is 0 Å². The SMILES string of the molecule is CC1(C)Oc2c(NC(=O)[O-])cccc2C1S[N+](C)(C)C. The average Bonchev–Trinajstić information content (AvgIpc) is 2.50. The summed E-state index contributed by atoms with van der Waals surface area (Å²) in [6, 6.07) is 5.50. The number of carbonyl (C=O) groups is 1. The Balaban J connectivity index is 2.42. The number of quaternary nitrogens is 1. The topological polar surface area (TPSA) is 61.4 Å². The number of fused-ring (bicyclic) bond motifs is 1. The zero-order valence-corrected chi connectivity index (χ0v) is 13.2. The van der Waals surface area contributed by atoms with Crippen LogP contribution in [-0.4, -0.2) is 36.7 Å². The number of hydrogen-bond acceptors (Lipinski definition) is 4. The van der Waals surface area contributed by atoms with Crippen molar-refractivity contribution in [2.45, 2.75) is 24.7 Å². The van der Waals surface area contributed by atoms with Gasteiger partial charge in [0.25, 0.3) is 0 Å². The van der Waals surface area contributed by atoms with Crippen molar-refractivity contribution in [3.8, 4) is 5.75 Å². The molecule has 20 heavy (non-hydrogen) atoms. The second kappa shape index (κ2) is 4.86. The quantitative estimate of drug-likeness (QED) is 0.684. The molecule has 1 aliphatic rings. The normalized spacial score (nSPS) is 20.1. The number of rotatable bonds is 3. The summed E-state index contributed by atoms with van der Waals surface area (Å²) >= 11 is 1.76. The minimum atomic E-state index is -1.33. The van der Waals surface area contributed by atoms with Crippen LogP contribution in [0.2, 0.25) is 0 Å². The average molecular weight is 296 g/mol.